The van der Waals surface area contributed by atoms with Crippen LogP contribution in [0.5, 0.6) is 0 Å². The normalized spacial score (nSPS) is 14.5. The quantitative estimate of drug-likeness (QED) is 0.633. The molecule has 31 heavy (non-hydrogen) atoms. The van der Waals surface area contributed by atoms with Crippen LogP contribution in [0, 0.1) is 0 Å². The number of H-pyrrole nitrogens is 1. The van der Waals surface area contributed by atoms with E-state index in [4.69, 9.17) is 0 Å². The first-order valence-electron chi connectivity index (χ1n) is 10.4. The fourth-order valence-corrected chi connectivity index (χ4v) is 3.72. The predicted molar refractivity (Wildman–Crippen MR) is 119 cm³/mol. The SMILES string of the molecule is O=C(CN1CCN(C(=O)CCc2nc3ccccc3c(=O)[nH]2)CC1)Nc1ccccc1. The maximum atomic E-state index is 12.6. The molecule has 2 heterocycles. The van der Waals surface area contributed by atoms with Gasteiger partial charge in [0.25, 0.3) is 5.56 Å². The van der Waals surface area contributed by atoms with Crippen LogP contribution in [-0.4, -0.2) is 64.3 Å². The van der Waals surface area contributed by atoms with E-state index in [1.807, 2.05) is 46.2 Å². The Morgan fingerprint density at radius 3 is 2.45 bits per heavy atom. The van der Waals surface area contributed by atoms with Crippen LogP contribution < -0.4 is 10.9 Å². The first-order chi connectivity index (χ1) is 15.1. The zero-order valence-corrected chi connectivity index (χ0v) is 17.2. The molecular weight excluding hydrogens is 394 g/mol. The lowest BCUT2D eigenvalue weighted by molar-refractivity contribution is -0.133. The number of rotatable bonds is 6. The number of nitrogens with zero attached hydrogens (tertiary/aromatic N) is 3. The van der Waals surface area contributed by atoms with E-state index in [2.05, 4.69) is 15.3 Å². The van der Waals surface area contributed by atoms with Crippen LogP contribution in [0.1, 0.15) is 12.2 Å². The number of nitrogens with one attached hydrogen (secondary N) is 2. The highest BCUT2D eigenvalue weighted by molar-refractivity contribution is 5.92. The summed E-state index contributed by atoms with van der Waals surface area (Å²) in [5, 5.41) is 3.43. The second-order valence-corrected chi connectivity index (χ2v) is 7.60. The van der Waals surface area contributed by atoms with Gasteiger partial charge in [-0.1, -0.05) is 30.3 Å². The highest BCUT2D eigenvalue weighted by Gasteiger charge is 2.22. The topological polar surface area (TPSA) is 98.4 Å². The first kappa shape index (κ1) is 20.7. The van der Waals surface area contributed by atoms with E-state index in [0.717, 1.165) is 5.69 Å². The molecule has 1 saturated heterocycles. The number of benzene rings is 2. The number of hydrogen-bond acceptors (Lipinski definition) is 5. The van der Waals surface area contributed by atoms with Crippen LogP contribution in [0.4, 0.5) is 5.69 Å². The smallest absolute Gasteiger partial charge is 0.258 e. The maximum absolute atomic E-state index is 12.6. The maximum Gasteiger partial charge on any atom is 0.258 e. The summed E-state index contributed by atoms with van der Waals surface area (Å²) in [6.45, 7) is 2.77. The molecule has 0 unspecified atom stereocenters. The summed E-state index contributed by atoms with van der Waals surface area (Å²) in [4.78, 5) is 48.0. The van der Waals surface area contributed by atoms with Crippen LogP contribution in [-0.2, 0) is 16.0 Å². The molecule has 2 N–H and O–H groups in total. The van der Waals surface area contributed by atoms with Crippen molar-refractivity contribution >= 4 is 28.4 Å². The van der Waals surface area contributed by atoms with E-state index in [-0.39, 0.29) is 23.8 Å². The summed E-state index contributed by atoms with van der Waals surface area (Å²) in [7, 11) is 0. The highest BCUT2D eigenvalue weighted by Crippen LogP contribution is 2.10. The summed E-state index contributed by atoms with van der Waals surface area (Å²) >= 11 is 0. The Morgan fingerprint density at radius 2 is 1.68 bits per heavy atom. The molecule has 8 heteroatoms. The molecule has 1 fully saturated rings. The predicted octanol–water partition coefficient (Wildman–Crippen LogP) is 1.64. The Kier molecular flexibility index (Phi) is 6.37. The molecule has 1 aliphatic heterocycles. The van der Waals surface area contributed by atoms with E-state index in [1.165, 1.54) is 0 Å². The lowest BCUT2D eigenvalue weighted by atomic mass is 10.2. The zero-order valence-electron chi connectivity index (χ0n) is 17.2. The molecule has 0 spiro atoms. The van der Waals surface area contributed by atoms with Gasteiger partial charge in [-0.2, -0.15) is 0 Å². The second-order valence-electron chi connectivity index (χ2n) is 7.60. The number of carbonyl (C=O) groups excluding carboxylic acids is 2. The van der Waals surface area contributed by atoms with Crippen molar-refractivity contribution in [2.45, 2.75) is 12.8 Å². The van der Waals surface area contributed by atoms with Crippen LogP contribution in [0.2, 0.25) is 0 Å². The van der Waals surface area contributed by atoms with Gasteiger partial charge in [0.15, 0.2) is 0 Å². The monoisotopic (exact) mass is 419 g/mol. The van der Waals surface area contributed by atoms with E-state index in [9.17, 15) is 14.4 Å². The number of fused-ring (bicyclic) bond motifs is 1. The Hall–Kier alpha value is -3.52. The molecule has 1 aromatic heterocycles. The third-order valence-corrected chi connectivity index (χ3v) is 5.39. The number of piperazine rings is 1. The van der Waals surface area contributed by atoms with Crippen LogP contribution >= 0.6 is 0 Å². The Bertz CT molecular complexity index is 1120. The van der Waals surface area contributed by atoms with Gasteiger partial charge in [0.2, 0.25) is 11.8 Å². The molecular formula is C23H25N5O3. The minimum atomic E-state index is -0.185. The fraction of sp³-hybridized carbons (Fsp3) is 0.304. The third-order valence-electron chi connectivity index (χ3n) is 5.39. The molecule has 0 aliphatic carbocycles. The number of aromatic nitrogens is 2. The molecule has 160 valence electrons. The fourth-order valence-electron chi connectivity index (χ4n) is 3.72. The molecule has 0 saturated carbocycles. The molecule has 3 aromatic rings. The lowest BCUT2D eigenvalue weighted by Crippen LogP contribution is -2.50. The Morgan fingerprint density at radius 1 is 0.968 bits per heavy atom. The number of hydrogen-bond donors (Lipinski definition) is 2. The van der Waals surface area contributed by atoms with Crippen LogP contribution in [0.25, 0.3) is 10.9 Å². The number of aryl methyl sites for hydroxylation is 1. The van der Waals surface area contributed by atoms with Crippen molar-refractivity contribution in [1.82, 2.24) is 19.8 Å². The molecule has 4 rings (SSSR count). The van der Waals surface area contributed by atoms with Gasteiger partial charge in [-0.25, -0.2) is 4.98 Å². The van der Waals surface area contributed by atoms with Gasteiger partial charge < -0.3 is 15.2 Å². The van der Waals surface area contributed by atoms with Crippen molar-refractivity contribution in [1.29, 1.82) is 0 Å². The van der Waals surface area contributed by atoms with Crippen LogP contribution in [0.15, 0.2) is 59.4 Å². The number of aromatic amines is 1. The van der Waals surface area contributed by atoms with E-state index in [0.29, 0.717) is 55.9 Å². The summed E-state index contributed by atoms with van der Waals surface area (Å²) in [5.74, 6) is 0.495. The van der Waals surface area contributed by atoms with Gasteiger partial charge in [0, 0.05) is 44.7 Å². The average Bonchev–Trinajstić information content (AvgIpc) is 2.78. The molecule has 1 aliphatic rings. The minimum Gasteiger partial charge on any atom is -0.340 e. The van der Waals surface area contributed by atoms with Crippen molar-refractivity contribution in [3.05, 3.63) is 70.8 Å². The van der Waals surface area contributed by atoms with Crippen molar-refractivity contribution < 1.29 is 9.59 Å². The first-order valence-corrected chi connectivity index (χ1v) is 10.4. The molecule has 2 amide bonds. The van der Waals surface area contributed by atoms with Gasteiger partial charge in [0.1, 0.15) is 5.82 Å². The van der Waals surface area contributed by atoms with Crippen molar-refractivity contribution in [3.8, 4) is 0 Å². The van der Waals surface area contributed by atoms with Crippen molar-refractivity contribution in [3.63, 3.8) is 0 Å². The number of amides is 2. The van der Waals surface area contributed by atoms with E-state index >= 15 is 0 Å². The third kappa shape index (κ3) is 5.35. The van der Waals surface area contributed by atoms with Crippen molar-refractivity contribution in [2.75, 3.05) is 38.0 Å². The standard InChI is InChI=1S/C23H25N5O3/c29-21(24-17-6-2-1-3-7-17)16-27-12-14-28(15-13-27)22(30)11-10-20-25-19-9-5-4-8-18(19)23(31)26-20/h1-9H,10-16H2,(H,24,29)(H,25,26,31). The van der Waals surface area contributed by atoms with Gasteiger partial charge in [-0.3, -0.25) is 19.3 Å². The zero-order chi connectivity index (χ0) is 21.6. The number of para-hydroxylation sites is 2. The number of carbonyl (C=O) groups is 2. The minimum absolute atomic E-state index is 0.0317. The second kappa shape index (κ2) is 9.53. The Labute approximate surface area is 179 Å². The van der Waals surface area contributed by atoms with Gasteiger partial charge in [-0.05, 0) is 24.3 Å². The molecule has 0 radical (unpaired) electrons. The summed E-state index contributed by atoms with van der Waals surface area (Å²) in [5.41, 5.74) is 1.23. The lowest BCUT2D eigenvalue weighted by Gasteiger charge is -2.34. The summed E-state index contributed by atoms with van der Waals surface area (Å²) in [6, 6.07) is 16.5. The largest absolute Gasteiger partial charge is 0.340 e. The van der Waals surface area contributed by atoms with Crippen molar-refractivity contribution in [2.24, 2.45) is 0 Å². The van der Waals surface area contributed by atoms with Crippen LogP contribution in [0.3, 0.4) is 0 Å². The highest BCUT2D eigenvalue weighted by atomic mass is 16.2. The van der Waals surface area contributed by atoms with E-state index in [1.54, 1.807) is 18.2 Å². The van der Waals surface area contributed by atoms with Gasteiger partial charge >= 0.3 is 0 Å². The summed E-state index contributed by atoms with van der Waals surface area (Å²) < 4.78 is 0. The molecule has 0 bridgehead atoms. The van der Waals surface area contributed by atoms with E-state index < -0.39 is 0 Å². The molecule has 2 aromatic carbocycles. The average molecular weight is 419 g/mol. The summed E-state index contributed by atoms with van der Waals surface area (Å²) in [6.07, 6.45) is 0.675. The molecule has 0 atom stereocenters. The number of anilines is 1. The van der Waals surface area contributed by atoms with Gasteiger partial charge in [0.05, 0.1) is 17.4 Å². The molecule has 8 nitrogen and oxygen atoms in total. The van der Waals surface area contributed by atoms with Gasteiger partial charge in [-0.15, -0.1) is 0 Å². The Balaban J connectivity index is 1.24.